The maximum Gasteiger partial charge on any atom is 0.276 e. The van der Waals surface area contributed by atoms with Crippen molar-refractivity contribution in [2.24, 2.45) is 0 Å². The molecular weight excluding hydrogens is 428 g/mol. The van der Waals surface area contributed by atoms with Gasteiger partial charge in [-0.3, -0.25) is 0 Å². The summed E-state index contributed by atoms with van der Waals surface area (Å²) in [5.41, 5.74) is 5.67. The van der Waals surface area contributed by atoms with Crippen LogP contribution in [0.15, 0.2) is 57.5 Å². The summed E-state index contributed by atoms with van der Waals surface area (Å²) in [7, 11) is 0. The smallest absolute Gasteiger partial charge is 0.276 e. The molecule has 0 amide bonds. The van der Waals surface area contributed by atoms with E-state index in [0.717, 1.165) is 28.0 Å². The van der Waals surface area contributed by atoms with Gasteiger partial charge in [-0.1, -0.05) is 35.5 Å². The average Bonchev–Trinajstić information content (AvgIpc) is 3.40. The maximum atomic E-state index is 5.81. The summed E-state index contributed by atoms with van der Waals surface area (Å²) in [5.74, 6) is 2.24. The zero-order valence-electron chi connectivity index (χ0n) is 17.7. The molecule has 6 nitrogen and oxygen atoms in total. The highest BCUT2D eigenvalue weighted by atomic mass is 32.2. The normalized spacial score (nSPS) is 10.9. The second-order valence-corrected chi connectivity index (χ2v) is 8.87. The minimum atomic E-state index is 0.512. The Labute approximate surface area is 190 Å². The molecule has 0 aliphatic carbocycles. The molecular formula is C23H24N4O2S2. The Balaban J connectivity index is 1.32. The number of aromatic nitrogens is 3. The van der Waals surface area contributed by atoms with Crippen LogP contribution in [0.2, 0.25) is 0 Å². The first-order valence-corrected chi connectivity index (χ1v) is 11.9. The molecule has 0 radical (unpaired) electrons. The van der Waals surface area contributed by atoms with Crippen LogP contribution in [-0.4, -0.2) is 21.8 Å². The summed E-state index contributed by atoms with van der Waals surface area (Å²) in [5, 5.41) is 15.1. The van der Waals surface area contributed by atoms with Crippen molar-refractivity contribution in [1.82, 2.24) is 15.2 Å². The number of thioether (sulfide) groups is 1. The van der Waals surface area contributed by atoms with Crippen LogP contribution in [0, 0.1) is 13.8 Å². The lowest BCUT2D eigenvalue weighted by Gasteiger charge is -2.05. The number of nitrogens with zero attached hydrogens (tertiary/aromatic N) is 3. The van der Waals surface area contributed by atoms with Crippen molar-refractivity contribution in [2.45, 2.75) is 38.2 Å². The lowest BCUT2D eigenvalue weighted by Crippen LogP contribution is -1.94. The minimum Gasteiger partial charge on any atom is -0.494 e. The van der Waals surface area contributed by atoms with E-state index in [1.807, 2.05) is 36.6 Å². The number of hydrogen-bond donors (Lipinski definition) is 1. The zero-order chi connectivity index (χ0) is 21.6. The third kappa shape index (κ3) is 5.86. The van der Waals surface area contributed by atoms with E-state index in [-0.39, 0.29) is 0 Å². The van der Waals surface area contributed by atoms with Gasteiger partial charge in [0.1, 0.15) is 5.75 Å². The number of nitrogens with one attached hydrogen (secondary N) is 1. The monoisotopic (exact) mass is 452 g/mol. The van der Waals surface area contributed by atoms with E-state index >= 15 is 0 Å². The number of thiazole rings is 1. The highest BCUT2D eigenvalue weighted by Crippen LogP contribution is 2.26. The highest BCUT2D eigenvalue weighted by molar-refractivity contribution is 7.98. The Morgan fingerprint density at radius 1 is 1.10 bits per heavy atom. The zero-order valence-corrected chi connectivity index (χ0v) is 19.3. The molecule has 0 saturated heterocycles. The van der Waals surface area contributed by atoms with Crippen molar-refractivity contribution in [3.8, 4) is 5.75 Å². The summed E-state index contributed by atoms with van der Waals surface area (Å²) >= 11 is 3.11. The van der Waals surface area contributed by atoms with Gasteiger partial charge in [0, 0.05) is 16.8 Å². The lowest BCUT2D eigenvalue weighted by atomic mass is 10.1. The number of hydrogen-bond acceptors (Lipinski definition) is 8. The molecule has 31 heavy (non-hydrogen) atoms. The van der Waals surface area contributed by atoms with Gasteiger partial charge < -0.3 is 14.5 Å². The fourth-order valence-electron chi connectivity index (χ4n) is 2.99. The van der Waals surface area contributed by atoms with Crippen LogP contribution < -0.4 is 10.1 Å². The Morgan fingerprint density at radius 2 is 1.94 bits per heavy atom. The van der Waals surface area contributed by atoms with Crippen LogP contribution in [0.1, 0.15) is 35.2 Å². The van der Waals surface area contributed by atoms with Crippen molar-refractivity contribution in [3.05, 3.63) is 76.1 Å². The van der Waals surface area contributed by atoms with Crippen molar-refractivity contribution in [2.75, 3.05) is 11.9 Å². The molecule has 0 aliphatic rings. The molecule has 0 aliphatic heterocycles. The molecule has 0 fully saturated rings. The van der Waals surface area contributed by atoms with E-state index in [1.54, 1.807) is 23.1 Å². The van der Waals surface area contributed by atoms with Gasteiger partial charge in [0.2, 0.25) is 5.89 Å². The van der Waals surface area contributed by atoms with Gasteiger partial charge >= 0.3 is 0 Å². The van der Waals surface area contributed by atoms with E-state index in [4.69, 9.17) is 9.15 Å². The van der Waals surface area contributed by atoms with Crippen LogP contribution in [0.4, 0.5) is 10.8 Å². The third-order valence-corrected chi connectivity index (χ3v) is 6.28. The largest absolute Gasteiger partial charge is 0.494 e. The Morgan fingerprint density at radius 3 is 2.74 bits per heavy atom. The maximum absolute atomic E-state index is 5.81. The van der Waals surface area contributed by atoms with Crippen LogP contribution in [-0.2, 0) is 12.2 Å². The first-order valence-electron chi connectivity index (χ1n) is 10.0. The summed E-state index contributed by atoms with van der Waals surface area (Å²) in [4.78, 5) is 4.63. The molecule has 0 saturated carbocycles. The number of benzene rings is 2. The molecule has 0 bridgehead atoms. The molecule has 0 atom stereocenters. The molecule has 1 N–H and O–H groups in total. The van der Waals surface area contributed by atoms with E-state index in [1.165, 1.54) is 16.7 Å². The predicted octanol–water partition coefficient (Wildman–Crippen LogP) is 6.17. The SMILES string of the molecule is CCOc1ccc(Nc2nc(Cc3nnc(SCc4cc(C)ccc4C)o3)cs2)cc1. The Bertz CT molecular complexity index is 1140. The van der Waals surface area contributed by atoms with Crippen LogP contribution >= 0.6 is 23.1 Å². The van der Waals surface area contributed by atoms with Gasteiger partial charge in [0.25, 0.3) is 5.22 Å². The Kier molecular flexibility index (Phi) is 6.89. The average molecular weight is 453 g/mol. The molecule has 4 aromatic rings. The standard InChI is InChI=1S/C23H24N4O2S2/c1-4-28-20-9-7-18(8-10-20)24-22-25-19(14-30-22)12-21-26-27-23(29-21)31-13-17-11-15(2)5-6-16(17)3/h5-11,14H,4,12-13H2,1-3H3,(H,24,25). The quantitative estimate of drug-likeness (QED) is 0.304. The first-order chi connectivity index (χ1) is 15.1. The first kappa shape index (κ1) is 21.4. The van der Waals surface area contributed by atoms with Gasteiger partial charge in [-0.15, -0.1) is 21.5 Å². The van der Waals surface area contributed by atoms with E-state index in [9.17, 15) is 0 Å². The van der Waals surface area contributed by atoms with Crippen molar-refractivity contribution < 1.29 is 9.15 Å². The van der Waals surface area contributed by atoms with Gasteiger partial charge in [-0.2, -0.15) is 0 Å². The van der Waals surface area contributed by atoms with Gasteiger partial charge in [0.05, 0.1) is 18.7 Å². The van der Waals surface area contributed by atoms with Crippen molar-refractivity contribution in [3.63, 3.8) is 0 Å². The van der Waals surface area contributed by atoms with Crippen molar-refractivity contribution in [1.29, 1.82) is 0 Å². The minimum absolute atomic E-state index is 0.512. The summed E-state index contributed by atoms with van der Waals surface area (Å²) in [6, 6.07) is 14.3. The summed E-state index contributed by atoms with van der Waals surface area (Å²) in [6.45, 7) is 6.85. The van der Waals surface area contributed by atoms with Crippen LogP contribution in [0.5, 0.6) is 5.75 Å². The summed E-state index contributed by atoms with van der Waals surface area (Å²) in [6.07, 6.45) is 0.512. The van der Waals surface area contributed by atoms with Gasteiger partial charge in [0.15, 0.2) is 5.13 Å². The molecule has 2 heterocycles. The number of aryl methyl sites for hydroxylation is 2. The topological polar surface area (TPSA) is 73.1 Å². The fraction of sp³-hybridized carbons (Fsp3) is 0.261. The van der Waals surface area contributed by atoms with Crippen LogP contribution in [0.3, 0.4) is 0 Å². The van der Waals surface area contributed by atoms with E-state index in [0.29, 0.717) is 24.1 Å². The molecule has 0 spiro atoms. The second kappa shape index (κ2) is 9.98. The molecule has 0 unspecified atom stereocenters. The second-order valence-electron chi connectivity index (χ2n) is 7.08. The fourth-order valence-corrected chi connectivity index (χ4v) is 4.56. The number of rotatable bonds is 9. The third-order valence-electron chi connectivity index (χ3n) is 4.60. The molecule has 4 rings (SSSR count). The molecule has 2 aromatic heterocycles. The van der Waals surface area contributed by atoms with Gasteiger partial charge in [-0.05, 0) is 56.2 Å². The lowest BCUT2D eigenvalue weighted by molar-refractivity contribution is 0.340. The Hall–Kier alpha value is -2.84. The van der Waals surface area contributed by atoms with Crippen LogP contribution in [0.25, 0.3) is 0 Å². The molecule has 160 valence electrons. The van der Waals surface area contributed by atoms with E-state index < -0.39 is 0 Å². The van der Waals surface area contributed by atoms with Gasteiger partial charge in [-0.25, -0.2) is 4.98 Å². The molecule has 8 heteroatoms. The highest BCUT2D eigenvalue weighted by Gasteiger charge is 2.11. The molecule has 2 aromatic carbocycles. The number of ether oxygens (including phenoxy) is 1. The number of anilines is 2. The van der Waals surface area contributed by atoms with E-state index in [2.05, 4.69) is 52.5 Å². The van der Waals surface area contributed by atoms with Crippen molar-refractivity contribution >= 4 is 33.9 Å². The summed E-state index contributed by atoms with van der Waals surface area (Å²) < 4.78 is 11.3. The predicted molar refractivity (Wildman–Crippen MR) is 126 cm³/mol.